The van der Waals surface area contributed by atoms with Gasteiger partial charge in [-0.2, -0.15) is 0 Å². The van der Waals surface area contributed by atoms with Crippen molar-refractivity contribution in [2.24, 2.45) is 0 Å². The number of nitrogens with zero attached hydrogens (tertiary/aromatic N) is 2. The van der Waals surface area contributed by atoms with Crippen molar-refractivity contribution >= 4 is 46.3 Å². The predicted molar refractivity (Wildman–Crippen MR) is 221 cm³/mol. The Morgan fingerprint density at radius 3 is 1.04 bits per heavy atom. The third-order valence-electron chi connectivity index (χ3n) is 10.4. The molecule has 250 valence electrons. The molecule has 0 unspecified atom stereocenters. The van der Waals surface area contributed by atoms with Crippen LogP contribution in [0, 0.1) is 0 Å². The average molecular weight is 669 g/mol. The summed E-state index contributed by atoms with van der Waals surface area (Å²) in [6.07, 6.45) is 13.5. The number of anilines is 6. The zero-order valence-corrected chi connectivity index (χ0v) is 29.2. The molecule has 2 nitrogen and oxygen atoms in total. The van der Waals surface area contributed by atoms with E-state index in [0.717, 1.165) is 48.4 Å². The summed E-state index contributed by atoms with van der Waals surface area (Å²) in [4.78, 5) is 4.76. The fourth-order valence-electron chi connectivity index (χ4n) is 7.76. The van der Waals surface area contributed by atoms with Crippen LogP contribution in [0.3, 0.4) is 0 Å². The van der Waals surface area contributed by atoms with Gasteiger partial charge < -0.3 is 9.80 Å². The largest absolute Gasteiger partial charge is 0.310 e. The molecule has 0 saturated heterocycles. The van der Waals surface area contributed by atoms with Gasteiger partial charge in [0.15, 0.2) is 0 Å². The molecule has 0 aromatic heterocycles. The van der Waals surface area contributed by atoms with E-state index in [9.17, 15) is 0 Å². The van der Waals surface area contributed by atoms with Gasteiger partial charge in [0.1, 0.15) is 0 Å². The van der Waals surface area contributed by atoms with Crippen LogP contribution in [0.5, 0.6) is 0 Å². The van der Waals surface area contributed by atoms with Crippen molar-refractivity contribution in [2.45, 2.75) is 25.7 Å². The van der Waals surface area contributed by atoms with Crippen LogP contribution in [-0.2, 0) is 12.8 Å². The lowest BCUT2D eigenvalue weighted by atomic mass is 9.94. The molecule has 2 heteroatoms. The SMILES string of the molecule is C1=Cc2c(cccc2N(c2ccccc2)c2ccc(-c3ccc(-c4ccc(N(c5ccccc5)c5cccc6c5C=CCC6)cc4)cc3)cc2)CC1. The van der Waals surface area contributed by atoms with E-state index in [1.807, 2.05) is 0 Å². The highest BCUT2D eigenvalue weighted by atomic mass is 15.1. The molecule has 0 spiro atoms. The lowest BCUT2D eigenvalue weighted by Gasteiger charge is -2.29. The fourth-order valence-corrected chi connectivity index (χ4v) is 7.76. The third-order valence-corrected chi connectivity index (χ3v) is 10.4. The lowest BCUT2D eigenvalue weighted by Crippen LogP contribution is -2.12. The van der Waals surface area contributed by atoms with E-state index in [2.05, 4.69) is 204 Å². The van der Waals surface area contributed by atoms with Gasteiger partial charge in [-0.05, 0) is 120 Å². The molecule has 0 N–H and O–H groups in total. The molecule has 0 fully saturated rings. The second kappa shape index (κ2) is 14.1. The molecular formula is C50H40N2. The number of aryl methyl sites for hydroxylation is 2. The van der Waals surface area contributed by atoms with Crippen molar-refractivity contribution in [3.63, 3.8) is 0 Å². The summed E-state index contributed by atoms with van der Waals surface area (Å²) in [5.74, 6) is 0. The van der Waals surface area contributed by atoms with E-state index in [1.54, 1.807) is 0 Å². The van der Waals surface area contributed by atoms with E-state index >= 15 is 0 Å². The maximum absolute atomic E-state index is 2.38. The summed E-state index contributed by atoms with van der Waals surface area (Å²) in [6, 6.07) is 61.7. The first-order valence-electron chi connectivity index (χ1n) is 18.4. The van der Waals surface area contributed by atoms with Crippen molar-refractivity contribution in [1.82, 2.24) is 0 Å². The van der Waals surface area contributed by atoms with Crippen LogP contribution >= 0.6 is 0 Å². The third kappa shape index (κ3) is 6.14. The highest BCUT2D eigenvalue weighted by Crippen LogP contribution is 2.42. The first-order valence-corrected chi connectivity index (χ1v) is 18.4. The number of hydrogen-bond acceptors (Lipinski definition) is 2. The van der Waals surface area contributed by atoms with E-state index in [1.165, 1.54) is 55.9 Å². The molecule has 9 rings (SSSR count). The van der Waals surface area contributed by atoms with Crippen LogP contribution in [0.15, 0.2) is 182 Å². The van der Waals surface area contributed by atoms with Crippen LogP contribution in [0.1, 0.15) is 35.1 Å². The predicted octanol–water partition coefficient (Wildman–Crippen LogP) is 13.9. The molecular weight excluding hydrogens is 629 g/mol. The van der Waals surface area contributed by atoms with Gasteiger partial charge in [0, 0.05) is 33.9 Å². The van der Waals surface area contributed by atoms with Crippen LogP contribution in [0.2, 0.25) is 0 Å². The van der Waals surface area contributed by atoms with Crippen molar-refractivity contribution in [3.05, 3.63) is 204 Å². The Labute approximate surface area is 307 Å². The molecule has 0 amide bonds. The molecule has 0 heterocycles. The Morgan fingerprint density at radius 2 is 0.654 bits per heavy atom. The first kappa shape index (κ1) is 31.6. The summed E-state index contributed by atoms with van der Waals surface area (Å²) in [5.41, 5.74) is 17.3. The molecule has 2 aliphatic carbocycles. The van der Waals surface area contributed by atoms with Gasteiger partial charge in [-0.1, -0.05) is 133 Å². The monoisotopic (exact) mass is 668 g/mol. The van der Waals surface area contributed by atoms with Crippen molar-refractivity contribution in [3.8, 4) is 22.3 Å². The molecule has 0 bridgehead atoms. The number of benzene rings is 7. The Hall–Kier alpha value is -6.38. The van der Waals surface area contributed by atoms with E-state index in [-0.39, 0.29) is 0 Å². The Morgan fingerprint density at radius 1 is 0.308 bits per heavy atom. The van der Waals surface area contributed by atoms with Crippen molar-refractivity contribution in [2.75, 3.05) is 9.80 Å². The number of para-hydroxylation sites is 2. The van der Waals surface area contributed by atoms with Gasteiger partial charge in [0.25, 0.3) is 0 Å². The zero-order valence-electron chi connectivity index (χ0n) is 29.2. The number of fused-ring (bicyclic) bond motifs is 2. The second-order valence-corrected chi connectivity index (χ2v) is 13.6. The molecule has 7 aromatic rings. The Bertz CT molecular complexity index is 2200. The average Bonchev–Trinajstić information content (AvgIpc) is 3.23. The van der Waals surface area contributed by atoms with Crippen LogP contribution in [-0.4, -0.2) is 0 Å². The Balaban J connectivity index is 0.990. The number of allylic oxidation sites excluding steroid dienone is 2. The number of rotatable bonds is 8. The maximum atomic E-state index is 2.38. The summed E-state index contributed by atoms with van der Waals surface area (Å²) in [7, 11) is 0. The summed E-state index contributed by atoms with van der Waals surface area (Å²) in [6.45, 7) is 0. The molecule has 0 atom stereocenters. The number of hydrogen-bond donors (Lipinski definition) is 0. The minimum absolute atomic E-state index is 1.08. The topological polar surface area (TPSA) is 6.48 Å². The van der Waals surface area contributed by atoms with Gasteiger partial charge >= 0.3 is 0 Å². The van der Waals surface area contributed by atoms with Crippen molar-refractivity contribution in [1.29, 1.82) is 0 Å². The lowest BCUT2D eigenvalue weighted by molar-refractivity contribution is 0.984. The molecule has 2 aliphatic rings. The van der Waals surface area contributed by atoms with E-state index < -0.39 is 0 Å². The highest BCUT2D eigenvalue weighted by Gasteiger charge is 2.20. The normalized spacial score (nSPS) is 12.9. The van der Waals surface area contributed by atoms with Gasteiger partial charge in [0.05, 0.1) is 11.4 Å². The smallest absolute Gasteiger partial charge is 0.0536 e. The minimum Gasteiger partial charge on any atom is -0.310 e. The quantitative estimate of drug-likeness (QED) is 0.159. The molecule has 7 aromatic carbocycles. The summed E-state index contributed by atoms with van der Waals surface area (Å²) < 4.78 is 0. The molecule has 0 radical (unpaired) electrons. The van der Waals surface area contributed by atoms with Crippen LogP contribution in [0.25, 0.3) is 34.4 Å². The minimum atomic E-state index is 1.08. The van der Waals surface area contributed by atoms with Gasteiger partial charge in [0.2, 0.25) is 0 Å². The zero-order chi connectivity index (χ0) is 34.7. The van der Waals surface area contributed by atoms with Crippen LogP contribution < -0.4 is 9.80 Å². The standard InChI is InChI=1S/C50H40N2/c1-3-17-43(18-4-1)51(49-23-11-15-41-13-7-9-21-47(41)49)45-33-29-39(30-34-45)37-25-27-38(28-26-37)40-31-35-46(36-32-40)52(44-19-5-2-6-20-44)50-24-12-16-42-14-8-10-22-48(42)50/h1-6,9-12,15-36H,7-8,13-14H2. The summed E-state index contributed by atoms with van der Waals surface area (Å²) >= 11 is 0. The maximum Gasteiger partial charge on any atom is 0.0536 e. The highest BCUT2D eigenvalue weighted by molar-refractivity contribution is 5.86. The summed E-state index contributed by atoms with van der Waals surface area (Å²) in [5, 5.41) is 0. The van der Waals surface area contributed by atoms with E-state index in [0.29, 0.717) is 0 Å². The van der Waals surface area contributed by atoms with Gasteiger partial charge in [-0.15, -0.1) is 0 Å². The molecule has 0 aliphatic heterocycles. The molecule has 0 saturated carbocycles. The van der Waals surface area contributed by atoms with Gasteiger partial charge in [-0.25, -0.2) is 0 Å². The molecule has 52 heavy (non-hydrogen) atoms. The van der Waals surface area contributed by atoms with Gasteiger partial charge in [-0.3, -0.25) is 0 Å². The first-order chi connectivity index (χ1) is 25.8. The Kier molecular flexibility index (Phi) is 8.56. The second-order valence-electron chi connectivity index (χ2n) is 13.6. The van der Waals surface area contributed by atoms with Crippen LogP contribution in [0.4, 0.5) is 34.1 Å². The van der Waals surface area contributed by atoms with Crippen molar-refractivity contribution < 1.29 is 0 Å². The van der Waals surface area contributed by atoms with E-state index in [4.69, 9.17) is 0 Å². The fraction of sp³-hybridized carbons (Fsp3) is 0.0800.